The summed E-state index contributed by atoms with van der Waals surface area (Å²) < 4.78 is 26.8. The van der Waals surface area contributed by atoms with Crippen LogP contribution in [0.5, 0.6) is 0 Å². The molecule has 1 saturated carbocycles. The lowest BCUT2D eigenvalue weighted by Gasteiger charge is -2.28. The van der Waals surface area contributed by atoms with E-state index in [4.69, 9.17) is 0 Å². The van der Waals surface area contributed by atoms with Gasteiger partial charge in [0.2, 0.25) is 10.0 Å². The lowest BCUT2D eigenvalue weighted by atomic mass is 9.92. The summed E-state index contributed by atoms with van der Waals surface area (Å²) in [5, 5.41) is 9.44. The van der Waals surface area contributed by atoms with E-state index in [9.17, 15) is 18.3 Å². The molecule has 7 heteroatoms. The number of aromatic nitrogens is 1. The highest BCUT2D eigenvalue weighted by Crippen LogP contribution is 2.29. The summed E-state index contributed by atoms with van der Waals surface area (Å²) in [6.45, 7) is 0. The monoisotopic (exact) mass is 286 g/mol. The summed E-state index contributed by atoms with van der Waals surface area (Å²) in [6, 6.07) is 1.41. The Balaban J connectivity index is 2.28. The van der Waals surface area contributed by atoms with Crippen molar-refractivity contribution in [2.45, 2.75) is 49.0 Å². The normalized spacial score (nSPS) is 19.8. The molecule has 0 aliphatic heterocycles. The van der Waals surface area contributed by atoms with E-state index < -0.39 is 21.5 Å². The minimum Gasteiger partial charge on any atom is -0.480 e. The van der Waals surface area contributed by atoms with Crippen LogP contribution in [-0.4, -0.2) is 30.0 Å². The van der Waals surface area contributed by atoms with Crippen LogP contribution in [0.4, 0.5) is 0 Å². The largest absolute Gasteiger partial charge is 0.480 e. The number of aliphatic carboxylic acids is 1. The first kappa shape index (κ1) is 14.1. The Labute approximate surface area is 112 Å². The van der Waals surface area contributed by atoms with Gasteiger partial charge in [-0.1, -0.05) is 25.7 Å². The molecule has 3 N–H and O–H groups in total. The Morgan fingerprint density at radius 3 is 2.37 bits per heavy atom. The maximum atomic E-state index is 12.2. The molecule has 6 nitrogen and oxygen atoms in total. The zero-order valence-electron chi connectivity index (χ0n) is 10.6. The third-order valence-corrected chi connectivity index (χ3v) is 5.11. The molecule has 0 saturated heterocycles. The first-order valence-corrected chi connectivity index (χ1v) is 7.85. The third-order valence-electron chi connectivity index (χ3n) is 3.58. The number of aromatic amines is 1. The number of hydrogen-bond acceptors (Lipinski definition) is 3. The topological polar surface area (TPSA) is 99.3 Å². The summed E-state index contributed by atoms with van der Waals surface area (Å²) in [5.74, 6) is -1.09. The fourth-order valence-corrected chi connectivity index (χ4v) is 3.88. The van der Waals surface area contributed by atoms with E-state index in [0.717, 1.165) is 25.7 Å². The van der Waals surface area contributed by atoms with Crippen molar-refractivity contribution in [3.05, 3.63) is 18.5 Å². The Hall–Kier alpha value is -1.34. The highest BCUT2D eigenvalue weighted by Gasteiger charge is 2.42. The zero-order chi connectivity index (χ0) is 13.9. The van der Waals surface area contributed by atoms with E-state index in [1.54, 1.807) is 0 Å². The number of carboxylic acid groups (broad SMARTS) is 1. The first-order valence-electron chi connectivity index (χ1n) is 6.36. The molecule has 19 heavy (non-hydrogen) atoms. The maximum Gasteiger partial charge on any atom is 0.324 e. The van der Waals surface area contributed by atoms with E-state index in [0.29, 0.717) is 12.8 Å². The molecule has 1 aromatic rings. The predicted octanol–water partition coefficient (Wildman–Crippen LogP) is 1.47. The van der Waals surface area contributed by atoms with Gasteiger partial charge in [0, 0.05) is 12.4 Å². The molecule has 1 aliphatic rings. The third kappa shape index (κ3) is 2.98. The lowest BCUT2D eigenvalue weighted by Crippen LogP contribution is -2.54. The van der Waals surface area contributed by atoms with Crippen LogP contribution in [0.3, 0.4) is 0 Å². The standard InChI is InChI=1S/C12H18N2O4S/c15-11(16)12(6-3-1-2-4-7-12)14-19(17,18)10-5-8-13-9-10/h5,8-9,13-14H,1-4,6-7H2,(H,15,16). The number of carboxylic acids is 1. The van der Waals surface area contributed by atoms with Crippen molar-refractivity contribution in [1.82, 2.24) is 9.71 Å². The van der Waals surface area contributed by atoms with E-state index in [2.05, 4.69) is 9.71 Å². The van der Waals surface area contributed by atoms with Gasteiger partial charge in [-0.3, -0.25) is 4.79 Å². The van der Waals surface area contributed by atoms with Crippen molar-refractivity contribution < 1.29 is 18.3 Å². The van der Waals surface area contributed by atoms with Crippen LogP contribution in [0.15, 0.2) is 23.4 Å². The molecule has 0 amide bonds. The second-order valence-corrected chi connectivity index (χ2v) is 6.64. The van der Waals surface area contributed by atoms with Gasteiger partial charge >= 0.3 is 5.97 Å². The number of H-pyrrole nitrogens is 1. The molecule has 1 aromatic heterocycles. The van der Waals surface area contributed by atoms with E-state index in [1.807, 2.05) is 0 Å². The predicted molar refractivity (Wildman–Crippen MR) is 69.2 cm³/mol. The quantitative estimate of drug-likeness (QED) is 0.730. The molecule has 0 aromatic carbocycles. The number of hydrogen-bond donors (Lipinski definition) is 3. The van der Waals surface area contributed by atoms with Gasteiger partial charge in [-0.25, -0.2) is 8.42 Å². The SMILES string of the molecule is O=C(O)C1(NS(=O)(=O)c2cc[nH]c2)CCCCCC1. The average Bonchev–Trinajstić information content (AvgIpc) is 2.78. The molecular weight excluding hydrogens is 268 g/mol. The van der Waals surface area contributed by atoms with Gasteiger partial charge < -0.3 is 10.1 Å². The summed E-state index contributed by atoms with van der Waals surface area (Å²) in [5.41, 5.74) is -1.37. The van der Waals surface area contributed by atoms with Gasteiger partial charge in [0.25, 0.3) is 0 Å². The first-order chi connectivity index (χ1) is 8.96. The van der Waals surface area contributed by atoms with Crippen LogP contribution in [0.1, 0.15) is 38.5 Å². The molecule has 0 unspecified atom stereocenters. The summed E-state index contributed by atoms with van der Waals surface area (Å²) in [6.07, 6.45) is 6.85. The minimum atomic E-state index is -3.80. The molecule has 106 valence electrons. The summed E-state index contributed by atoms with van der Waals surface area (Å²) in [4.78, 5) is 14.3. The molecule has 2 rings (SSSR count). The maximum absolute atomic E-state index is 12.2. The van der Waals surface area contributed by atoms with Gasteiger partial charge in [-0.2, -0.15) is 4.72 Å². The number of carbonyl (C=O) groups is 1. The Bertz CT molecular complexity index is 528. The molecule has 0 radical (unpaired) electrons. The molecule has 0 atom stereocenters. The van der Waals surface area contributed by atoms with Gasteiger partial charge in [-0.15, -0.1) is 0 Å². The number of nitrogens with one attached hydrogen (secondary N) is 2. The lowest BCUT2D eigenvalue weighted by molar-refractivity contribution is -0.144. The molecule has 1 heterocycles. The van der Waals surface area contributed by atoms with E-state index in [-0.39, 0.29) is 4.90 Å². The minimum absolute atomic E-state index is 0.0670. The van der Waals surface area contributed by atoms with Crippen LogP contribution >= 0.6 is 0 Å². The molecular formula is C12H18N2O4S. The fraction of sp³-hybridized carbons (Fsp3) is 0.583. The van der Waals surface area contributed by atoms with Gasteiger partial charge in [0.15, 0.2) is 0 Å². The summed E-state index contributed by atoms with van der Waals surface area (Å²) >= 11 is 0. The van der Waals surface area contributed by atoms with Gasteiger partial charge in [0.05, 0.1) is 4.90 Å². The second-order valence-electron chi connectivity index (χ2n) is 4.95. The van der Waals surface area contributed by atoms with Crippen LogP contribution in [0.25, 0.3) is 0 Å². The van der Waals surface area contributed by atoms with Gasteiger partial charge in [-0.05, 0) is 18.9 Å². The zero-order valence-corrected chi connectivity index (χ0v) is 11.4. The van der Waals surface area contributed by atoms with Gasteiger partial charge in [0.1, 0.15) is 5.54 Å². The Morgan fingerprint density at radius 1 is 1.26 bits per heavy atom. The van der Waals surface area contributed by atoms with Crippen molar-refractivity contribution in [3.63, 3.8) is 0 Å². The Kier molecular flexibility index (Phi) is 3.96. The van der Waals surface area contributed by atoms with E-state index >= 15 is 0 Å². The van der Waals surface area contributed by atoms with E-state index in [1.165, 1.54) is 18.5 Å². The summed E-state index contributed by atoms with van der Waals surface area (Å²) in [7, 11) is -3.80. The van der Waals surface area contributed by atoms with Crippen LogP contribution in [0, 0.1) is 0 Å². The Morgan fingerprint density at radius 2 is 1.89 bits per heavy atom. The smallest absolute Gasteiger partial charge is 0.324 e. The molecule has 0 spiro atoms. The van der Waals surface area contributed by atoms with Crippen molar-refractivity contribution in [2.75, 3.05) is 0 Å². The highest BCUT2D eigenvalue weighted by molar-refractivity contribution is 7.89. The molecule has 1 aliphatic carbocycles. The van der Waals surface area contributed by atoms with Crippen LogP contribution in [-0.2, 0) is 14.8 Å². The molecule has 0 bridgehead atoms. The number of sulfonamides is 1. The molecule has 1 fully saturated rings. The average molecular weight is 286 g/mol. The van der Waals surface area contributed by atoms with Crippen molar-refractivity contribution in [2.24, 2.45) is 0 Å². The highest BCUT2D eigenvalue weighted by atomic mass is 32.2. The number of rotatable bonds is 4. The van der Waals surface area contributed by atoms with Crippen molar-refractivity contribution >= 4 is 16.0 Å². The van der Waals surface area contributed by atoms with Crippen molar-refractivity contribution in [1.29, 1.82) is 0 Å². The second kappa shape index (κ2) is 5.34. The van der Waals surface area contributed by atoms with Crippen molar-refractivity contribution in [3.8, 4) is 0 Å². The van der Waals surface area contributed by atoms with Crippen LogP contribution < -0.4 is 4.72 Å². The fourth-order valence-electron chi connectivity index (χ4n) is 2.48. The van der Waals surface area contributed by atoms with Crippen LogP contribution in [0.2, 0.25) is 0 Å².